The molecule has 0 aromatic carbocycles. The number of nitrogens with zero attached hydrogens (tertiary/aromatic N) is 3. The summed E-state index contributed by atoms with van der Waals surface area (Å²) in [7, 11) is 0. The molecule has 0 saturated carbocycles. The molecule has 1 amide bonds. The maximum Gasteiger partial charge on any atom is 0.417 e. The maximum absolute atomic E-state index is 13.0. The van der Waals surface area contributed by atoms with E-state index in [0.717, 1.165) is 12.3 Å². The maximum atomic E-state index is 13.0. The summed E-state index contributed by atoms with van der Waals surface area (Å²) in [5.74, 6) is 0.238. The Hall–Kier alpha value is -2.07. The first-order chi connectivity index (χ1) is 12.5. The number of aliphatic hydroxyl groups is 1. The number of pyridine rings is 1. The molecule has 1 fully saturated rings. The number of carbonyl (C=O) groups excluding carboxylic acids is 1. The van der Waals surface area contributed by atoms with Gasteiger partial charge in [0.05, 0.1) is 23.8 Å². The van der Waals surface area contributed by atoms with Gasteiger partial charge in [0, 0.05) is 25.8 Å². The summed E-state index contributed by atoms with van der Waals surface area (Å²) >= 11 is 0. The summed E-state index contributed by atoms with van der Waals surface area (Å²) in [6.45, 7) is 6.26. The number of rotatable bonds is 0. The zero-order valence-electron chi connectivity index (χ0n) is 15.3. The Labute approximate surface area is 154 Å². The SMILES string of the molecule is CC(C)(C)OC(=O)N1CCN2c3ncc(C(F)(F)F)cc3C(O)OC[C@@H]2C1. The van der Waals surface area contributed by atoms with Crippen molar-refractivity contribution in [3.8, 4) is 0 Å². The van der Waals surface area contributed by atoms with E-state index < -0.39 is 29.7 Å². The minimum absolute atomic E-state index is 0.0296. The van der Waals surface area contributed by atoms with Gasteiger partial charge in [0.2, 0.25) is 0 Å². The van der Waals surface area contributed by atoms with Crippen LogP contribution in [0, 0.1) is 0 Å². The third-order valence-electron chi connectivity index (χ3n) is 4.34. The number of aromatic nitrogens is 1. The van der Waals surface area contributed by atoms with Gasteiger partial charge in [-0.3, -0.25) is 0 Å². The van der Waals surface area contributed by atoms with Crippen molar-refractivity contribution in [2.24, 2.45) is 0 Å². The van der Waals surface area contributed by atoms with Crippen LogP contribution in [0.15, 0.2) is 12.3 Å². The van der Waals surface area contributed by atoms with Crippen LogP contribution >= 0.6 is 0 Å². The monoisotopic (exact) mass is 389 g/mol. The van der Waals surface area contributed by atoms with Gasteiger partial charge >= 0.3 is 12.3 Å². The van der Waals surface area contributed by atoms with Crippen LogP contribution in [0.2, 0.25) is 0 Å². The number of amides is 1. The van der Waals surface area contributed by atoms with Gasteiger partial charge in [0.1, 0.15) is 11.4 Å². The second-order valence-corrected chi connectivity index (χ2v) is 7.59. The number of anilines is 1. The molecule has 0 spiro atoms. The lowest BCUT2D eigenvalue weighted by atomic mass is 10.1. The van der Waals surface area contributed by atoms with E-state index in [2.05, 4.69) is 4.98 Å². The molecule has 1 aromatic rings. The van der Waals surface area contributed by atoms with Crippen molar-refractivity contribution in [3.63, 3.8) is 0 Å². The van der Waals surface area contributed by atoms with Crippen molar-refractivity contribution in [2.75, 3.05) is 31.1 Å². The van der Waals surface area contributed by atoms with Crippen molar-refractivity contribution in [3.05, 3.63) is 23.4 Å². The van der Waals surface area contributed by atoms with Gasteiger partial charge < -0.3 is 24.4 Å². The molecule has 1 saturated heterocycles. The van der Waals surface area contributed by atoms with Crippen LogP contribution < -0.4 is 4.90 Å². The Morgan fingerprint density at radius 3 is 2.67 bits per heavy atom. The van der Waals surface area contributed by atoms with Crippen LogP contribution in [0.3, 0.4) is 0 Å². The Kier molecular flexibility index (Phi) is 4.98. The minimum atomic E-state index is -4.57. The van der Waals surface area contributed by atoms with Crippen molar-refractivity contribution in [1.82, 2.24) is 9.88 Å². The highest BCUT2D eigenvalue weighted by atomic mass is 19.4. The Balaban J connectivity index is 1.83. The zero-order valence-corrected chi connectivity index (χ0v) is 15.3. The Bertz CT molecular complexity index is 720. The number of hydrogen-bond acceptors (Lipinski definition) is 6. The number of hydrogen-bond donors (Lipinski definition) is 1. The Morgan fingerprint density at radius 2 is 2.04 bits per heavy atom. The summed E-state index contributed by atoms with van der Waals surface area (Å²) in [4.78, 5) is 19.5. The average molecular weight is 389 g/mol. The van der Waals surface area contributed by atoms with E-state index in [4.69, 9.17) is 9.47 Å². The summed E-state index contributed by atoms with van der Waals surface area (Å²) in [5.41, 5.74) is -1.61. The van der Waals surface area contributed by atoms with E-state index in [1.54, 1.807) is 25.7 Å². The minimum Gasteiger partial charge on any atom is -0.444 e. The van der Waals surface area contributed by atoms with Gasteiger partial charge in [0.15, 0.2) is 6.29 Å². The molecule has 0 radical (unpaired) electrons. The molecule has 150 valence electrons. The van der Waals surface area contributed by atoms with E-state index >= 15 is 0 Å². The molecule has 2 aliphatic rings. The number of piperazine rings is 1. The molecule has 2 aliphatic heterocycles. The molecule has 0 aliphatic carbocycles. The van der Waals surface area contributed by atoms with Crippen molar-refractivity contribution >= 4 is 11.9 Å². The zero-order chi connectivity index (χ0) is 20.0. The van der Waals surface area contributed by atoms with E-state index in [0.29, 0.717) is 13.1 Å². The molecule has 27 heavy (non-hydrogen) atoms. The number of ether oxygens (including phenoxy) is 2. The second-order valence-electron chi connectivity index (χ2n) is 7.59. The van der Waals surface area contributed by atoms with E-state index in [-0.39, 0.29) is 30.6 Å². The van der Waals surface area contributed by atoms with Gasteiger partial charge in [-0.05, 0) is 26.8 Å². The van der Waals surface area contributed by atoms with Gasteiger partial charge in [-0.2, -0.15) is 13.2 Å². The van der Waals surface area contributed by atoms with Crippen molar-refractivity contribution in [2.45, 2.75) is 44.9 Å². The third kappa shape index (κ3) is 4.27. The lowest BCUT2D eigenvalue weighted by Gasteiger charge is -2.41. The normalized spacial score (nSPS) is 23.4. The number of aliphatic hydroxyl groups excluding tert-OH is 1. The van der Waals surface area contributed by atoms with Crippen molar-refractivity contribution < 1.29 is 32.5 Å². The molecule has 0 bridgehead atoms. The lowest BCUT2D eigenvalue weighted by molar-refractivity contribution is -0.138. The molecule has 2 atom stereocenters. The fourth-order valence-corrected chi connectivity index (χ4v) is 3.11. The summed E-state index contributed by atoms with van der Waals surface area (Å²) in [6, 6.07) is 0.502. The number of carbonyl (C=O) groups is 1. The van der Waals surface area contributed by atoms with Crippen LogP contribution in [0.5, 0.6) is 0 Å². The molecular formula is C17H22F3N3O4. The lowest BCUT2D eigenvalue weighted by Crippen LogP contribution is -2.57. The molecule has 3 rings (SSSR count). The topological polar surface area (TPSA) is 75.1 Å². The summed E-state index contributed by atoms with van der Waals surface area (Å²) in [6.07, 6.45) is -5.81. The average Bonchev–Trinajstić information content (AvgIpc) is 2.69. The largest absolute Gasteiger partial charge is 0.444 e. The van der Waals surface area contributed by atoms with Crippen LogP contribution in [0.25, 0.3) is 0 Å². The number of fused-ring (bicyclic) bond motifs is 3. The molecule has 1 aromatic heterocycles. The highest BCUT2D eigenvalue weighted by Gasteiger charge is 2.39. The van der Waals surface area contributed by atoms with Gasteiger partial charge in [0.25, 0.3) is 0 Å². The molecular weight excluding hydrogens is 367 g/mol. The Morgan fingerprint density at radius 1 is 1.33 bits per heavy atom. The van der Waals surface area contributed by atoms with Crippen molar-refractivity contribution in [1.29, 1.82) is 0 Å². The third-order valence-corrected chi connectivity index (χ3v) is 4.34. The fourth-order valence-electron chi connectivity index (χ4n) is 3.11. The van der Waals surface area contributed by atoms with Crippen LogP contribution in [-0.2, 0) is 15.7 Å². The molecule has 10 heteroatoms. The van der Waals surface area contributed by atoms with E-state index in [1.807, 2.05) is 0 Å². The summed E-state index contributed by atoms with van der Waals surface area (Å²) in [5, 5.41) is 10.1. The number of alkyl halides is 3. The standard InChI is InChI=1S/C17H22F3N3O4/c1-16(2,3)27-15(25)22-4-5-23-11(8-22)9-26-14(24)12-6-10(17(18,19)20)7-21-13(12)23/h6-7,11,14,24H,4-5,8-9H2,1-3H3/t11-,14?/m0/s1. The highest BCUT2D eigenvalue weighted by molar-refractivity contribution is 5.69. The van der Waals surface area contributed by atoms with Gasteiger partial charge in [-0.25, -0.2) is 9.78 Å². The van der Waals surface area contributed by atoms with Crippen LogP contribution in [0.4, 0.5) is 23.8 Å². The molecule has 7 nitrogen and oxygen atoms in total. The van der Waals surface area contributed by atoms with Gasteiger partial charge in [-0.1, -0.05) is 0 Å². The quantitative estimate of drug-likeness (QED) is 0.735. The van der Waals surface area contributed by atoms with E-state index in [9.17, 15) is 23.1 Å². The molecule has 1 N–H and O–H groups in total. The van der Waals surface area contributed by atoms with Gasteiger partial charge in [-0.15, -0.1) is 0 Å². The smallest absolute Gasteiger partial charge is 0.417 e. The predicted octanol–water partition coefficient (Wildman–Crippen LogP) is 2.55. The first-order valence-corrected chi connectivity index (χ1v) is 8.57. The van der Waals surface area contributed by atoms with Crippen LogP contribution in [-0.4, -0.2) is 59.0 Å². The number of halogens is 3. The molecule has 1 unspecified atom stereocenters. The van der Waals surface area contributed by atoms with E-state index in [1.165, 1.54) is 4.90 Å². The fraction of sp³-hybridized carbons (Fsp3) is 0.647. The highest BCUT2D eigenvalue weighted by Crippen LogP contribution is 2.37. The predicted molar refractivity (Wildman–Crippen MR) is 89.1 cm³/mol. The van der Waals surface area contributed by atoms with Crippen LogP contribution in [0.1, 0.15) is 38.2 Å². The second kappa shape index (κ2) is 6.83. The first-order valence-electron chi connectivity index (χ1n) is 8.57. The first kappa shape index (κ1) is 19.7. The summed E-state index contributed by atoms with van der Waals surface area (Å²) < 4.78 is 49.6. The molecule has 3 heterocycles.